The average Bonchev–Trinajstić information content (AvgIpc) is 3.17. The Morgan fingerprint density at radius 2 is 1.88 bits per heavy atom. The fourth-order valence-electron chi connectivity index (χ4n) is 3.47. The van der Waals surface area contributed by atoms with Crippen molar-refractivity contribution in [1.82, 2.24) is 20.3 Å². The molecule has 4 aromatic rings. The lowest BCUT2D eigenvalue weighted by Crippen LogP contribution is -2.21. The van der Waals surface area contributed by atoms with E-state index in [-0.39, 0.29) is 28.8 Å². The molecule has 0 saturated carbocycles. The van der Waals surface area contributed by atoms with Crippen molar-refractivity contribution in [3.8, 4) is 11.6 Å². The summed E-state index contributed by atoms with van der Waals surface area (Å²) in [4.78, 5) is 35.3. The molecule has 2 heterocycles. The highest BCUT2D eigenvalue weighted by Crippen LogP contribution is 2.33. The van der Waals surface area contributed by atoms with Crippen molar-refractivity contribution in [1.29, 1.82) is 0 Å². The molecule has 168 valence electrons. The molecule has 4 rings (SSSR count). The Balaban J connectivity index is 1.68. The van der Waals surface area contributed by atoms with Crippen LogP contribution in [0.2, 0.25) is 0 Å². The van der Waals surface area contributed by atoms with Crippen LogP contribution < -0.4 is 15.4 Å². The molecular weight excluding hydrogens is 425 g/mol. The SMILES string of the molecule is CNC(=O)c1c(Nc2ccc(CC(C)=O)cc2)ncnc1Oc1ccc2[nH]c(C)cc2c1F. The molecule has 33 heavy (non-hydrogen) atoms. The second-order valence-electron chi connectivity index (χ2n) is 7.58. The van der Waals surface area contributed by atoms with E-state index >= 15 is 4.39 Å². The van der Waals surface area contributed by atoms with Gasteiger partial charge in [-0.15, -0.1) is 0 Å². The Hall–Kier alpha value is -4.27. The van der Waals surface area contributed by atoms with Crippen LogP contribution >= 0.6 is 0 Å². The number of ether oxygens (including phenoxy) is 1. The third-order valence-electron chi connectivity index (χ3n) is 4.98. The van der Waals surface area contributed by atoms with Gasteiger partial charge < -0.3 is 20.4 Å². The second-order valence-corrected chi connectivity index (χ2v) is 7.58. The summed E-state index contributed by atoms with van der Waals surface area (Å²) in [5.41, 5.74) is 3.00. The van der Waals surface area contributed by atoms with Gasteiger partial charge in [0.15, 0.2) is 17.4 Å². The molecule has 0 aliphatic carbocycles. The molecular formula is C24H22FN5O3. The third-order valence-corrected chi connectivity index (χ3v) is 4.98. The summed E-state index contributed by atoms with van der Waals surface area (Å²) in [6, 6.07) is 12.0. The van der Waals surface area contributed by atoms with Crippen LogP contribution in [-0.4, -0.2) is 33.7 Å². The van der Waals surface area contributed by atoms with Gasteiger partial charge in [-0.3, -0.25) is 9.59 Å². The number of aromatic nitrogens is 3. The highest BCUT2D eigenvalue weighted by Gasteiger charge is 2.22. The standard InChI is InChI=1S/C24H22FN5O3/c1-13-10-17-18(29-13)8-9-19(21(17)25)33-24-20(23(32)26-3)22(27-12-28-24)30-16-6-4-15(5-7-16)11-14(2)31/h4-10,12,29H,11H2,1-3H3,(H,26,32)(H,27,28,30). The minimum absolute atomic E-state index is 0.0255. The number of halogens is 1. The van der Waals surface area contributed by atoms with Crippen molar-refractivity contribution in [2.45, 2.75) is 20.3 Å². The van der Waals surface area contributed by atoms with Gasteiger partial charge in [0, 0.05) is 35.8 Å². The molecule has 1 amide bonds. The number of aromatic amines is 1. The minimum Gasteiger partial charge on any atom is -0.435 e. The van der Waals surface area contributed by atoms with Gasteiger partial charge in [0.05, 0.1) is 0 Å². The van der Waals surface area contributed by atoms with E-state index in [1.165, 1.54) is 26.4 Å². The maximum atomic E-state index is 15.0. The fourth-order valence-corrected chi connectivity index (χ4v) is 3.47. The number of hydrogen-bond acceptors (Lipinski definition) is 6. The minimum atomic E-state index is -0.561. The Morgan fingerprint density at radius 3 is 2.58 bits per heavy atom. The number of amides is 1. The monoisotopic (exact) mass is 447 g/mol. The normalized spacial score (nSPS) is 10.8. The first-order chi connectivity index (χ1) is 15.9. The zero-order valence-corrected chi connectivity index (χ0v) is 18.3. The van der Waals surface area contributed by atoms with E-state index in [0.29, 0.717) is 23.0 Å². The second kappa shape index (κ2) is 9.07. The van der Waals surface area contributed by atoms with E-state index in [0.717, 1.165) is 11.3 Å². The number of carbonyl (C=O) groups excluding carboxylic acids is 2. The Labute approximate surface area is 189 Å². The van der Waals surface area contributed by atoms with Gasteiger partial charge in [0.2, 0.25) is 5.88 Å². The van der Waals surface area contributed by atoms with Gasteiger partial charge >= 0.3 is 0 Å². The van der Waals surface area contributed by atoms with Gasteiger partial charge in [0.25, 0.3) is 5.91 Å². The predicted molar refractivity (Wildman–Crippen MR) is 123 cm³/mol. The number of nitrogens with zero attached hydrogens (tertiary/aromatic N) is 2. The number of H-pyrrole nitrogens is 1. The number of benzene rings is 2. The summed E-state index contributed by atoms with van der Waals surface area (Å²) in [7, 11) is 1.47. The third kappa shape index (κ3) is 4.67. The van der Waals surface area contributed by atoms with Crippen molar-refractivity contribution in [2.75, 3.05) is 12.4 Å². The van der Waals surface area contributed by atoms with Gasteiger partial charge in [0.1, 0.15) is 17.7 Å². The van der Waals surface area contributed by atoms with Crippen LogP contribution in [-0.2, 0) is 11.2 Å². The highest BCUT2D eigenvalue weighted by molar-refractivity contribution is 6.01. The largest absolute Gasteiger partial charge is 0.435 e. The fraction of sp³-hybridized carbons (Fsp3) is 0.167. The zero-order chi connectivity index (χ0) is 23.5. The molecule has 0 radical (unpaired) electrons. The molecule has 2 aromatic heterocycles. The highest BCUT2D eigenvalue weighted by atomic mass is 19.1. The van der Waals surface area contributed by atoms with Crippen molar-refractivity contribution in [3.63, 3.8) is 0 Å². The lowest BCUT2D eigenvalue weighted by molar-refractivity contribution is -0.116. The molecule has 8 nitrogen and oxygen atoms in total. The molecule has 3 N–H and O–H groups in total. The smallest absolute Gasteiger partial charge is 0.260 e. The molecule has 0 fully saturated rings. The van der Waals surface area contributed by atoms with E-state index < -0.39 is 11.7 Å². The summed E-state index contributed by atoms with van der Waals surface area (Å²) in [6.45, 7) is 3.36. The number of carbonyl (C=O) groups is 2. The van der Waals surface area contributed by atoms with Crippen LogP contribution in [0.15, 0.2) is 48.8 Å². The maximum absolute atomic E-state index is 15.0. The Bertz CT molecular complexity index is 1350. The van der Waals surface area contributed by atoms with Crippen LogP contribution in [0.1, 0.15) is 28.5 Å². The quantitative estimate of drug-likeness (QED) is 0.387. The molecule has 0 aliphatic heterocycles. The van der Waals surface area contributed by atoms with E-state index in [9.17, 15) is 9.59 Å². The van der Waals surface area contributed by atoms with Crippen LogP contribution in [0.25, 0.3) is 10.9 Å². The Morgan fingerprint density at radius 1 is 1.12 bits per heavy atom. The first-order valence-corrected chi connectivity index (χ1v) is 10.2. The number of fused-ring (bicyclic) bond motifs is 1. The van der Waals surface area contributed by atoms with Crippen LogP contribution in [0.5, 0.6) is 11.6 Å². The summed E-state index contributed by atoms with van der Waals surface area (Å²) < 4.78 is 20.8. The molecule has 0 unspecified atom stereocenters. The first-order valence-electron chi connectivity index (χ1n) is 10.2. The summed E-state index contributed by atoms with van der Waals surface area (Å²) in [5.74, 6) is -0.960. The number of hydrogen-bond donors (Lipinski definition) is 3. The van der Waals surface area contributed by atoms with Crippen molar-refractivity contribution < 1.29 is 18.7 Å². The number of Topliss-reactive ketones (excluding diaryl/α,β-unsaturated/α-hetero) is 1. The summed E-state index contributed by atoms with van der Waals surface area (Å²) >= 11 is 0. The molecule has 0 spiro atoms. The van der Waals surface area contributed by atoms with E-state index in [2.05, 4.69) is 25.6 Å². The molecule has 0 atom stereocenters. The number of nitrogens with one attached hydrogen (secondary N) is 3. The van der Waals surface area contributed by atoms with Gasteiger partial charge in [-0.1, -0.05) is 12.1 Å². The molecule has 0 aliphatic rings. The van der Waals surface area contributed by atoms with Crippen LogP contribution in [0, 0.1) is 12.7 Å². The molecule has 0 bridgehead atoms. The number of anilines is 2. The van der Waals surface area contributed by atoms with Gasteiger partial charge in [-0.05, 0) is 49.7 Å². The van der Waals surface area contributed by atoms with E-state index in [1.807, 2.05) is 19.1 Å². The predicted octanol–water partition coefficient (Wildman–Crippen LogP) is 4.43. The number of aryl methyl sites for hydroxylation is 1. The molecule has 2 aromatic carbocycles. The van der Waals surface area contributed by atoms with E-state index in [4.69, 9.17) is 4.74 Å². The number of ketones is 1. The van der Waals surface area contributed by atoms with E-state index in [1.54, 1.807) is 24.3 Å². The average molecular weight is 447 g/mol. The molecule has 9 heteroatoms. The van der Waals surface area contributed by atoms with Crippen LogP contribution in [0.3, 0.4) is 0 Å². The number of rotatable bonds is 7. The lowest BCUT2D eigenvalue weighted by atomic mass is 10.1. The topological polar surface area (TPSA) is 109 Å². The zero-order valence-electron chi connectivity index (χ0n) is 18.3. The first kappa shape index (κ1) is 21.9. The lowest BCUT2D eigenvalue weighted by Gasteiger charge is -2.14. The molecule has 0 saturated heterocycles. The summed E-state index contributed by atoms with van der Waals surface area (Å²) in [6.07, 6.45) is 1.57. The van der Waals surface area contributed by atoms with Crippen molar-refractivity contribution >= 4 is 34.1 Å². The van der Waals surface area contributed by atoms with Gasteiger partial charge in [-0.25, -0.2) is 14.4 Å². The van der Waals surface area contributed by atoms with Crippen molar-refractivity contribution in [2.24, 2.45) is 0 Å². The van der Waals surface area contributed by atoms with Gasteiger partial charge in [-0.2, -0.15) is 0 Å². The van der Waals surface area contributed by atoms with Crippen molar-refractivity contribution in [3.05, 3.63) is 71.4 Å². The van der Waals surface area contributed by atoms with Crippen LogP contribution in [0.4, 0.5) is 15.9 Å². The summed E-state index contributed by atoms with van der Waals surface area (Å²) in [5, 5.41) is 5.98. The Kier molecular flexibility index (Phi) is 6.03. The maximum Gasteiger partial charge on any atom is 0.260 e.